The summed E-state index contributed by atoms with van der Waals surface area (Å²) < 4.78 is 37.4. The minimum Gasteiger partial charge on any atom is -0.493 e. The Morgan fingerprint density at radius 1 is 1.17 bits per heavy atom. The van der Waals surface area contributed by atoms with Gasteiger partial charge in [-0.05, 0) is 83.7 Å². The van der Waals surface area contributed by atoms with Crippen LogP contribution in [0.1, 0.15) is 57.9 Å². The van der Waals surface area contributed by atoms with E-state index in [2.05, 4.69) is 4.90 Å². The number of ether oxygens (including phenoxy) is 4. The van der Waals surface area contributed by atoms with Gasteiger partial charge in [0.1, 0.15) is 22.8 Å². The Hall–Kier alpha value is -1.90. The summed E-state index contributed by atoms with van der Waals surface area (Å²) in [5, 5.41) is 0. The van der Waals surface area contributed by atoms with E-state index >= 15 is 0 Å². The lowest BCUT2D eigenvalue weighted by molar-refractivity contribution is -0.109. The fourth-order valence-electron chi connectivity index (χ4n) is 5.85. The second kappa shape index (κ2) is 9.87. The van der Waals surface area contributed by atoms with Crippen molar-refractivity contribution in [2.45, 2.75) is 69.6 Å². The average Bonchev–Trinajstić information content (AvgIpc) is 3.46. The number of carbonyl (C=O) groups is 1. The maximum absolute atomic E-state index is 14.1. The zero-order valence-corrected chi connectivity index (χ0v) is 21.3. The molecule has 4 aliphatic rings. The molecule has 5 rings (SSSR count). The summed E-state index contributed by atoms with van der Waals surface area (Å²) in [6, 6.07) is 5.30. The maximum Gasteiger partial charge on any atom is 0.410 e. The number of piperidine rings is 1. The molecule has 1 amide bonds. The molecule has 8 heteroatoms. The van der Waals surface area contributed by atoms with E-state index in [1.54, 1.807) is 17.0 Å². The third kappa shape index (κ3) is 5.75. The molecule has 4 fully saturated rings. The summed E-state index contributed by atoms with van der Waals surface area (Å²) in [5.74, 6) is 1.32. The van der Waals surface area contributed by atoms with Crippen LogP contribution in [-0.2, 0) is 14.2 Å². The van der Waals surface area contributed by atoms with E-state index in [-0.39, 0.29) is 17.5 Å². The first-order valence-corrected chi connectivity index (χ1v) is 13.1. The van der Waals surface area contributed by atoms with Gasteiger partial charge in [-0.15, -0.1) is 0 Å². The van der Waals surface area contributed by atoms with Crippen LogP contribution >= 0.6 is 0 Å². The third-order valence-electron chi connectivity index (χ3n) is 7.76. The number of likely N-dealkylation sites (tertiary alicyclic amines) is 2. The van der Waals surface area contributed by atoms with E-state index in [1.165, 1.54) is 6.07 Å². The molecule has 1 spiro atoms. The zero-order valence-electron chi connectivity index (χ0n) is 21.3. The molecular weight excluding hydrogens is 451 g/mol. The molecular formula is C27H39FN2O5. The number of amides is 1. The van der Waals surface area contributed by atoms with Crippen molar-refractivity contribution in [1.82, 2.24) is 9.80 Å². The number of hydrogen-bond donors (Lipinski definition) is 0. The molecule has 4 saturated heterocycles. The van der Waals surface area contributed by atoms with Gasteiger partial charge in [0.15, 0.2) is 0 Å². The van der Waals surface area contributed by atoms with Crippen molar-refractivity contribution in [1.29, 1.82) is 0 Å². The van der Waals surface area contributed by atoms with Crippen LogP contribution < -0.4 is 4.74 Å². The highest BCUT2D eigenvalue weighted by Gasteiger charge is 2.53. The van der Waals surface area contributed by atoms with Gasteiger partial charge in [-0.1, -0.05) is 0 Å². The fraction of sp³-hybridized carbons (Fsp3) is 0.741. The van der Waals surface area contributed by atoms with Crippen LogP contribution in [0.4, 0.5) is 9.18 Å². The van der Waals surface area contributed by atoms with Crippen molar-refractivity contribution in [2.24, 2.45) is 5.92 Å². The van der Waals surface area contributed by atoms with Crippen LogP contribution in [0.15, 0.2) is 18.2 Å². The van der Waals surface area contributed by atoms with Crippen molar-refractivity contribution in [3.05, 3.63) is 29.6 Å². The quantitative estimate of drug-likeness (QED) is 0.617. The number of rotatable bonds is 5. The summed E-state index contributed by atoms with van der Waals surface area (Å²) in [5.41, 5.74) is 0.279. The molecule has 0 saturated carbocycles. The number of nitrogens with zero attached hydrogens (tertiary/aromatic N) is 2. The molecule has 1 aromatic carbocycles. The predicted molar refractivity (Wildman–Crippen MR) is 129 cm³/mol. The molecule has 4 aliphatic heterocycles. The van der Waals surface area contributed by atoms with Gasteiger partial charge in [-0.2, -0.15) is 0 Å². The van der Waals surface area contributed by atoms with E-state index in [4.69, 9.17) is 18.9 Å². The molecule has 1 unspecified atom stereocenters. The van der Waals surface area contributed by atoms with Gasteiger partial charge in [-0.25, -0.2) is 9.18 Å². The van der Waals surface area contributed by atoms with Crippen LogP contribution in [0.5, 0.6) is 5.75 Å². The monoisotopic (exact) mass is 490 g/mol. The molecule has 0 aliphatic carbocycles. The molecule has 35 heavy (non-hydrogen) atoms. The zero-order chi connectivity index (χ0) is 24.6. The van der Waals surface area contributed by atoms with Gasteiger partial charge >= 0.3 is 6.09 Å². The Bertz CT molecular complexity index is 899. The molecule has 2 atom stereocenters. The van der Waals surface area contributed by atoms with Crippen LogP contribution in [0.2, 0.25) is 0 Å². The van der Waals surface area contributed by atoms with Crippen molar-refractivity contribution < 1.29 is 28.1 Å². The van der Waals surface area contributed by atoms with Gasteiger partial charge in [0.2, 0.25) is 0 Å². The minimum atomic E-state index is -0.485. The molecule has 0 aromatic heterocycles. The Labute approximate surface area is 207 Å². The third-order valence-corrected chi connectivity index (χ3v) is 7.76. The summed E-state index contributed by atoms with van der Waals surface area (Å²) in [7, 11) is 0. The average molecular weight is 491 g/mol. The van der Waals surface area contributed by atoms with Gasteiger partial charge in [0.05, 0.1) is 32.9 Å². The number of halogens is 1. The lowest BCUT2D eigenvalue weighted by atomic mass is 9.86. The topological polar surface area (TPSA) is 60.5 Å². The van der Waals surface area contributed by atoms with Crippen LogP contribution in [0, 0.1) is 11.7 Å². The lowest BCUT2D eigenvalue weighted by Gasteiger charge is -2.47. The van der Waals surface area contributed by atoms with Crippen molar-refractivity contribution in [3.8, 4) is 5.75 Å². The Balaban J connectivity index is 1.12. The molecule has 194 valence electrons. The normalized spacial score (nSPS) is 27.3. The highest BCUT2D eigenvalue weighted by molar-refractivity contribution is 5.69. The Kier molecular flexibility index (Phi) is 6.98. The smallest absolute Gasteiger partial charge is 0.410 e. The standard InChI is InChI=1S/C27H39FN2O5/c1-26(2,3)35-25(31)30-17-27(18-30)13-22(16-34-27)29-9-6-20(7-10-29)23-12-21(28)4-5-24(23)33-15-19-8-11-32-14-19/h4-5,12,19-20,22H,6-11,13-18H2,1-3H3/t19-,22?/m1/s1. The molecule has 0 bridgehead atoms. The summed E-state index contributed by atoms with van der Waals surface area (Å²) in [4.78, 5) is 16.6. The Morgan fingerprint density at radius 2 is 1.94 bits per heavy atom. The second-order valence-electron chi connectivity index (χ2n) is 11.7. The first kappa shape index (κ1) is 24.8. The highest BCUT2D eigenvalue weighted by atomic mass is 19.1. The first-order chi connectivity index (χ1) is 16.7. The SMILES string of the molecule is CC(C)(C)OC(=O)N1CC2(CC(N3CCC(c4cc(F)ccc4OC[C@@H]4CCOC4)CC3)CO2)C1. The number of hydrogen-bond acceptors (Lipinski definition) is 6. The van der Waals surface area contributed by atoms with Crippen LogP contribution in [-0.4, -0.2) is 85.7 Å². The Morgan fingerprint density at radius 3 is 2.63 bits per heavy atom. The maximum atomic E-state index is 14.1. The van der Waals surface area contributed by atoms with E-state index < -0.39 is 5.60 Å². The van der Waals surface area contributed by atoms with Gasteiger partial charge < -0.3 is 23.8 Å². The molecule has 7 nitrogen and oxygen atoms in total. The summed E-state index contributed by atoms with van der Waals surface area (Å²) in [6.07, 6.45) is 3.65. The summed E-state index contributed by atoms with van der Waals surface area (Å²) >= 11 is 0. The van der Waals surface area contributed by atoms with Crippen LogP contribution in [0.3, 0.4) is 0 Å². The number of carbonyl (C=O) groups excluding carboxylic acids is 1. The molecule has 1 aromatic rings. The second-order valence-corrected chi connectivity index (χ2v) is 11.7. The van der Waals surface area contributed by atoms with Gasteiger partial charge in [0, 0.05) is 24.1 Å². The van der Waals surface area contributed by atoms with Crippen molar-refractivity contribution in [3.63, 3.8) is 0 Å². The van der Waals surface area contributed by atoms with Crippen molar-refractivity contribution in [2.75, 3.05) is 52.6 Å². The van der Waals surface area contributed by atoms with Crippen LogP contribution in [0.25, 0.3) is 0 Å². The first-order valence-electron chi connectivity index (χ1n) is 13.1. The molecule has 0 radical (unpaired) electrons. The van der Waals surface area contributed by atoms with Gasteiger partial charge in [0.25, 0.3) is 0 Å². The van der Waals surface area contributed by atoms with Gasteiger partial charge in [-0.3, -0.25) is 4.90 Å². The van der Waals surface area contributed by atoms with E-state index in [0.717, 1.165) is 63.3 Å². The van der Waals surface area contributed by atoms with E-state index in [9.17, 15) is 9.18 Å². The summed E-state index contributed by atoms with van der Waals surface area (Å²) in [6.45, 7) is 11.6. The predicted octanol–water partition coefficient (Wildman–Crippen LogP) is 4.20. The fourth-order valence-corrected chi connectivity index (χ4v) is 5.85. The molecule has 4 heterocycles. The number of benzene rings is 1. The van der Waals surface area contributed by atoms with E-state index in [0.29, 0.717) is 44.2 Å². The highest BCUT2D eigenvalue weighted by Crippen LogP contribution is 2.40. The lowest BCUT2D eigenvalue weighted by Crippen LogP contribution is -2.64. The van der Waals surface area contributed by atoms with Crippen molar-refractivity contribution >= 4 is 6.09 Å². The largest absolute Gasteiger partial charge is 0.493 e. The van der Waals surface area contributed by atoms with E-state index in [1.807, 2.05) is 20.8 Å². The minimum absolute atomic E-state index is 0.204. The molecule has 0 N–H and O–H groups in total.